The van der Waals surface area contributed by atoms with E-state index in [0.717, 1.165) is 19.4 Å². The zero-order valence-electron chi connectivity index (χ0n) is 12.3. The minimum Gasteiger partial charge on any atom is -0.350 e. The summed E-state index contributed by atoms with van der Waals surface area (Å²) in [6.07, 6.45) is 4.73. The van der Waals surface area contributed by atoms with Crippen molar-refractivity contribution in [3.63, 3.8) is 0 Å². The summed E-state index contributed by atoms with van der Waals surface area (Å²) in [4.78, 5) is 33.2. The highest BCUT2D eigenvalue weighted by Gasteiger charge is 2.25. The molecule has 1 aliphatic heterocycles. The van der Waals surface area contributed by atoms with Crippen LogP contribution in [0.2, 0.25) is 0 Å². The summed E-state index contributed by atoms with van der Waals surface area (Å²) in [5.74, 6) is 0.138. The Morgan fingerprint density at radius 2 is 2.43 bits per heavy atom. The molecule has 0 spiro atoms. The number of anilines is 1. The number of aromatic nitrogens is 2. The predicted octanol–water partition coefficient (Wildman–Crippen LogP) is 1.10. The maximum atomic E-state index is 12.3. The first-order valence-electron chi connectivity index (χ1n) is 7.26. The second-order valence-corrected chi connectivity index (χ2v) is 6.19. The molecule has 3 rings (SSSR count). The SMILES string of the molecule is N#Cc1ccsc1C(=O)N[C@H]1CCCN(c2ncc[nH]c2=O)C1. The Balaban J connectivity index is 1.70. The van der Waals surface area contributed by atoms with Crippen LogP contribution in [0.15, 0.2) is 28.6 Å². The highest BCUT2D eigenvalue weighted by Crippen LogP contribution is 2.18. The molecular weight excluding hydrogens is 314 g/mol. The van der Waals surface area contributed by atoms with Crippen LogP contribution in [0.1, 0.15) is 28.1 Å². The lowest BCUT2D eigenvalue weighted by Gasteiger charge is -2.33. The van der Waals surface area contributed by atoms with Gasteiger partial charge in [-0.05, 0) is 24.3 Å². The molecule has 7 nitrogen and oxygen atoms in total. The molecule has 0 radical (unpaired) electrons. The summed E-state index contributed by atoms with van der Waals surface area (Å²) >= 11 is 1.25. The van der Waals surface area contributed by atoms with E-state index in [1.807, 2.05) is 11.0 Å². The van der Waals surface area contributed by atoms with E-state index in [2.05, 4.69) is 15.3 Å². The van der Waals surface area contributed by atoms with Gasteiger partial charge in [-0.15, -0.1) is 11.3 Å². The number of nitrogens with zero attached hydrogens (tertiary/aromatic N) is 3. The first-order chi connectivity index (χ1) is 11.2. The van der Waals surface area contributed by atoms with Crippen molar-refractivity contribution in [1.29, 1.82) is 5.26 Å². The first-order valence-corrected chi connectivity index (χ1v) is 8.14. The maximum absolute atomic E-state index is 12.3. The van der Waals surface area contributed by atoms with Crippen molar-refractivity contribution in [2.45, 2.75) is 18.9 Å². The molecule has 0 bridgehead atoms. The van der Waals surface area contributed by atoms with Gasteiger partial charge in [-0.1, -0.05) is 0 Å². The molecule has 8 heteroatoms. The van der Waals surface area contributed by atoms with Crippen LogP contribution in [0.5, 0.6) is 0 Å². The van der Waals surface area contributed by atoms with Crippen LogP contribution in [0.3, 0.4) is 0 Å². The van der Waals surface area contributed by atoms with Gasteiger partial charge in [-0.2, -0.15) is 5.26 Å². The number of thiophene rings is 1. The Hall–Kier alpha value is -2.66. The normalized spacial score (nSPS) is 17.5. The van der Waals surface area contributed by atoms with Crippen molar-refractivity contribution >= 4 is 23.1 Å². The average molecular weight is 329 g/mol. The minimum absolute atomic E-state index is 0.0775. The van der Waals surface area contributed by atoms with Gasteiger partial charge < -0.3 is 15.2 Å². The fourth-order valence-electron chi connectivity index (χ4n) is 2.68. The number of nitriles is 1. The number of hydrogen-bond acceptors (Lipinski definition) is 6. The van der Waals surface area contributed by atoms with Crippen LogP contribution in [-0.4, -0.2) is 35.0 Å². The van der Waals surface area contributed by atoms with E-state index in [1.54, 1.807) is 17.6 Å². The Morgan fingerprint density at radius 1 is 1.57 bits per heavy atom. The molecule has 118 valence electrons. The summed E-state index contributed by atoms with van der Waals surface area (Å²) in [7, 11) is 0. The molecule has 1 amide bonds. The van der Waals surface area contributed by atoms with Gasteiger partial charge in [0.2, 0.25) is 0 Å². The van der Waals surface area contributed by atoms with Gasteiger partial charge in [0.05, 0.1) is 5.56 Å². The number of aromatic amines is 1. The number of amides is 1. The largest absolute Gasteiger partial charge is 0.350 e. The molecule has 1 fully saturated rings. The predicted molar refractivity (Wildman–Crippen MR) is 86.6 cm³/mol. The fraction of sp³-hybridized carbons (Fsp3) is 0.333. The lowest BCUT2D eigenvalue weighted by atomic mass is 10.1. The smallest absolute Gasteiger partial charge is 0.290 e. The zero-order chi connectivity index (χ0) is 16.2. The zero-order valence-corrected chi connectivity index (χ0v) is 13.1. The van der Waals surface area contributed by atoms with E-state index in [0.29, 0.717) is 22.8 Å². The second kappa shape index (κ2) is 6.62. The van der Waals surface area contributed by atoms with Crippen molar-refractivity contribution in [3.8, 4) is 6.07 Å². The molecule has 0 saturated carbocycles. The fourth-order valence-corrected chi connectivity index (χ4v) is 3.43. The van der Waals surface area contributed by atoms with Gasteiger partial charge in [0.25, 0.3) is 11.5 Å². The van der Waals surface area contributed by atoms with Gasteiger partial charge in [0.1, 0.15) is 10.9 Å². The summed E-state index contributed by atoms with van der Waals surface area (Å²) in [6, 6.07) is 3.58. The third kappa shape index (κ3) is 3.24. The average Bonchev–Trinajstić information content (AvgIpc) is 3.04. The number of carbonyl (C=O) groups is 1. The number of rotatable bonds is 3. The Labute approximate surface area is 136 Å². The molecule has 3 heterocycles. The molecular formula is C15H15N5O2S. The number of H-pyrrole nitrogens is 1. The minimum atomic E-state index is -0.238. The molecule has 0 aliphatic carbocycles. The van der Waals surface area contributed by atoms with Crippen molar-refractivity contribution in [1.82, 2.24) is 15.3 Å². The van der Waals surface area contributed by atoms with Crippen LogP contribution >= 0.6 is 11.3 Å². The van der Waals surface area contributed by atoms with Crippen LogP contribution in [-0.2, 0) is 0 Å². The van der Waals surface area contributed by atoms with Crippen LogP contribution < -0.4 is 15.8 Å². The number of piperidine rings is 1. The van der Waals surface area contributed by atoms with Crippen LogP contribution in [0.4, 0.5) is 5.82 Å². The van der Waals surface area contributed by atoms with Gasteiger partial charge in [0.15, 0.2) is 5.82 Å². The highest BCUT2D eigenvalue weighted by molar-refractivity contribution is 7.12. The third-order valence-electron chi connectivity index (χ3n) is 3.74. The van der Waals surface area contributed by atoms with Gasteiger partial charge in [-0.3, -0.25) is 9.59 Å². The topological polar surface area (TPSA) is 102 Å². The molecule has 1 atom stereocenters. The van der Waals surface area contributed by atoms with E-state index in [4.69, 9.17) is 5.26 Å². The van der Waals surface area contributed by atoms with Crippen molar-refractivity contribution < 1.29 is 4.79 Å². The first kappa shape index (κ1) is 15.2. The summed E-state index contributed by atoms with van der Waals surface area (Å²) in [5, 5.41) is 13.7. The van der Waals surface area contributed by atoms with Gasteiger partial charge in [0, 0.05) is 31.5 Å². The van der Waals surface area contributed by atoms with Gasteiger partial charge in [-0.25, -0.2) is 4.98 Å². The van der Waals surface area contributed by atoms with Gasteiger partial charge >= 0.3 is 0 Å². The molecule has 23 heavy (non-hydrogen) atoms. The Morgan fingerprint density at radius 3 is 3.22 bits per heavy atom. The quantitative estimate of drug-likeness (QED) is 0.878. The van der Waals surface area contributed by atoms with E-state index >= 15 is 0 Å². The summed E-state index contributed by atoms with van der Waals surface area (Å²) < 4.78 is 0. The maximum Gasteiger partial charge on any atom is 0.290 e. The lowest BCUT2D eigenvalue weighted by molar-refractivity contribution is 0.0937. The Kier molecular flexibility index (Phi) is 4.39. The van der Waals surface area contributed by atoms with Crippen molar-refractivity contribution in [2.24, 2.45) is 0 Å². The number of nitrogens with one attached hydrogen (secondary N) is 2. The molecule has 0 unspecified atom stereocenters. The van der Waals surface area contributed by atoms with E-state index < -0.39 is 0 Å². The van der Waals surface area contributed by atoms with E-state index in [9.17, 15) is 9.59 Å². The molecule has 0 aromatic carbocycles. The molecule has 1 saturated heterocycles. The lowest BCUT2D eigenvalue weighted by Crippen LogP contribution is -2.49. The number of carbonyl (C=O) groups excluding carboxylic acids is 1. The van der Waals surface area contributed by atoms with E-state index in [1.165, 1.54) is 17.5 Å². The van der Waals surface area contributed by atoms with Crippen LogP contribution in [0, 0.1) is 11.3 Å². The molecule has 2 aromatic heterocycles. The monoisotopic (exact) mass is 329 g/mol. The van der Waals surface area contributed by atoms with Crippen molar-refractivity contribution in [2.75, 3.05) is 18.0 Å². The molecule has 2 aromatic rings. The third-order valence-corrected chi connectivity index (χ3v) is 4.65. The molecule has 2 N–H and O–H groups in total. The Bertz CT molecular complexity index is 806. The standard InChI is InChI=1S/C15H15N5O2S/c16-8-10-3-7-23-12(10)14(21)19-11-2-1-6-20(9-11)13-15(22)18-5-4-17-13/h3-5,7,11H,1-2,6,9H2,(H,18,22)(H,19,21)/t11-/m0/s1. The second-order valence-electron chi connectivity index (χ2n) is 5.28. The molecule has 1 aliphatic rings. The van der Waals surface area contributed by atoms with Crippen LogP contribution in [0.25, 0.3) is 0 Å². The highest BCUT2D eigenvalue weighted by atomic mass is 32.1. The number of hydrogen-bond donors (Lipinski definition) is 2. The summed E-state index contributed by atoms with van der Waals surface area (Å²) in [5.41, 5.74) is 0.158. The summed E-state index contributed by atoms with van der Waals surface area (Å²) in [6.45, 7) is 1.26. The van der Waals surface area contributed by atoms with Crippen molar-refractivity contribution in [3.05, 3.63) is 44.6 Å². The van der Waals surface area contributed by atoms with E-state index in [-0.39, 0.29) is 17.5 Å².